The Morgan fingerprint density at radius 2 is 1.50 bits per heavy atom. The second-order valence-electron chi connectivity index (χ2n) is 6.43. The Balaban J connectivity index is 0.00000113. The molecular weight excluding hydrogens is 323 g/mol. The smallest absolute Gasteiger partial charge is 0.300 e. The zero-order chi connectivity index (χ0) is 18.7. The van der Waals surface area contributed by atoms with Crippen molar-refractivity contribution in [2.45, 2.75) is 52.6 Å². The Morgan fingerprint density at radius 3 is 1.96 bits per heavy atom. The van der Waals surface area contributed by atoms with Gasteiger partial charge in [0.15, 0.2) is 0 Å². The van der Waals surface area contributed by atoms with Crippen LogP contribution in [0.5, 0.6) is 0 Å². The molecule has 0 saturated heterocycles. The first-order chi connectivity index (χ1) is 11.9. The van der Waals surface area contributed by atoms with Gasteiger partial charge in [0, 0.05) is 15.3 Å². The predicted molar refractivity (Wildman–Crippen MR) is 109 cm³/mol. The third kappa shape index (κ3) is 9.43. The molecule has 0 aliphatic heterocycles. The van der Waals surface area contributed by atoms with Crippen LogP contribution in [0.3, 0.4) is 0 Å². The van der Waals surface area contributed by atoms with Crippen molar-refractivity contribution in [1.82, 2.24) is 0 Å². The molecule has 3 nitrogen and oxygen atoms in total. The van der Waals surface area contributed by atoms with Gasteiger partial charge in [-0.3, -0.25) is 4.79 Å². The zero-order valence-electron chi connectivity index (χ0n) is 16.1. The molecule has 0 aromatic heterocycles. The summed E-state index contributed by atoms with van der Waals surface area (Å²) in [7, 11) is 0. The van der Waals surface area contributed by atoms with Gasteiger partial charge in [0.1, 0.15) is 0 Å². The first-order valence-electron chi connectivity index (χ1n) is 8.96. The molecular formula is C22H30BO3. The molecule has 26 heavy (non-hydrogen) atoms. The fourth-order valence-electron chi connectivity index (χ4n) is 2.75. The molecule has 0 bridgehead atoms. The first kappa shape index (κ1) is 23.9. The Morgan fingerprint density at radius 1 is 1.00 bits per heavy atom. The summed E-state index contributed by atoms with van der Waals surface area (Å²) in [6.07, 6.45) is 4.22. The summed E-state index contributed by atoms with van der Waals surface area (Å²) in [4.78, 5) is 9.00. The molecule has 2 atom stereocenters. The van der Waals surface area contributed by atoms with Crippen LogP contribution in [0.2, 0.25) is 0 Å². The average Bonchev–Trinajstić information content (AvgIpc) is 2.59. The largest absolute Gasteiger partial charge is 0.481 e. The van der Waals surface area contributed by atoms with Crippen molar-refractivity contribution in [2.24, 2.45) is 5.92 Å². The van der Waals surface area contributed by atoms with Crippen LogP contribution in [0.15, 0.2) is 54.6 Å². The number of carboxylic acid groups (broad SMARTS) is 1. The molecule has 0 aliphatic rings. The van der Waals surface area contributed by atoms with E-state index in [4.69, 9.17) is 9.90 Å². The molecule has 0 fully saturated rings. The summed E-state index contributed by atoms with van der Waals surface area (Å²) in [6.45, 7) is 5.20. The van der Waals surface area contributed by atoms with Crippen molar-refractivity contribution in [1.29, 1.82) is 0 Å². The molecule has 0 saturated carbocycles. The zero-order valence-corrected chi connectivity index (χ0v) is 16.1. The summed E-state index contributed by atoms with van der Waals surface area (Å²) in [6, 6.07) is 19.2. The van der Waals surface area contributed by atoms with Gasteiger partial charge in [-0.15, -0.1) is 0 Å². The fourth-order valence-corrected chi connectivity index (χ4v) is 2.75. The topological polar surface area (TPSA) is 57.5 Å². The summed E-state index contributed by atoms with van der Waals surface area (Å²) in [5.74, 6) is -0.465. The number of aliphatic carboxylic acids is 1. The molecule has 2 N–H and O–H groups in total. The highest BCUT2D eigenvalue weighted by Crippen LogP contribution is 2.23. The number of carbonyl (C=O) groups is 1. The van der Waals surface area contributed by atoms with Crippen molar-refractivity contribution in [2.75, 3.05) is 0 Å². The lowest BCUT2D eigenvalue weighted by Crippen LogP contribution is -2.19. The van der Waals surface area contributed by atoms with Gasteiger partial charge >= 0.3 is 0 Å². The maximum absolute atomic E-state index is 9.93. The lowest BCUT2D eigenvalue weighted by Gasteiger charge is -2.20. The SMILES string of the molecule is CC(=O)O.CCCC[C@@H](Cc1ccc(-c2ccccc2)cc1)[C@@H](C)O.[B]. The number of carboxylic acids is 1. The number of aliphatic hydroxyl groups is 1. The van der Waals surface area contributed by atoms with Gasteiger partial charge in [0.25, 0.3) is 5.97 Å². The summed E-state index contributed by atoms with van der Waals surface area (Å²) in [5, 5.41) is 17.3. The number of hydrogen-bond donors (Lipinski definition) is 2. The van der Waals surface area contributed by atoms with E-state index in [9.17, 15) is 5.11 Å². The van der Waals surface area contributed by atoms with Gasteiger partial charge in [-0.1, -0.05) is 74.4 Å². The van der Waals surface area contributed by atoms with Gasteiger partial charge in [-0.2, -0.15) is 0 Å². The second-order valence-corrected chi connectivity index (χ2v) is 6.43. The van der Waals surface area contributed by atoms with Crippen LogP contribution in [0.25, 0.3) is 11.1 Å². The van der Waals surface area contributed by atoms with Crippen LogP contribution in [0.4, 0.5) is 0 Å². The fraction of sp³-hybridized carbons (Fsp3) is 0.409. The van der Waals surface area contributed by atoms with Crippen LogP contribution in [0, 0.1) is 5.92 Å². The normalized spacial score (nSPS) is 12.2. The van der Waals surface area contributed by atoms with E-state index in [1.165, 1.54) is 29.5 Å². The molecule has 2 rings (SSSR count). The molecule has 0 spiro atoms. The summed E-state index contributed by atoms with van der Waals surface area (Å²) in [5.41, 5.74) is 3.82. The average molecular weight is 353 g/mol. The summed E-state index contributed by atoms with van der Waals surface area (Å²) >= 11 is 0. The third-order valence-corrected chi connectivity index (χ3v) is 4.17. The van der Waals surface area contributed by atoms with Crippen molar-refractivity contribution in [3.05, 3.63) is 60.2 Å². The molecule has 0 aliphatic carbocycles. The Hall–Kier alpha value is -2.07. The number of aliphatic hydroxyl groups excluding tert-OH is 1. The number of rotatable bonds is 7. The van der Waals surface area contributed by atoms with E-state index in [0.29, 0.717) is 5.92 Å². The Bertz CT molecular complexity index is 605. The highest BCUT2D eigenvalue weighted by atomic mass is 16.4. The summed E-state index contributed by atoms with van der Waals surface area (Å²) < 4.78 is 0. The van der Waals surface area contributed by atoms with E-state index >= 15 is 0 Å². The van der Waals surface area contributed by atoms with Gasteiger partial charge in [0.2, 0.25) is 0 Å². The number of hydrogen-bond acceptors (Lipinski definition) is 2. The molecule has 4 heteroatoms. The number of benzene rings is 2. The van der Waals surface area contributed by atoms with Crippen molar-refractivity contribution in [3.8, 4) is 11.1 Å². The first-order valence-corrected chi connectivity index (χ1v) is 8.96. The van der Waals surface area contributed by atoms with E-state index in [1.54, 1.807) is 0 Å². The molecule has 0 amide bonds. The highest BCUT2D eigenvalue weighted by molar-refractivity contribution is 5.75. The molecule has 139 valence electrons. The van der Waals surface area contributed by atoms with Gasteiger partial charge in [-0.05, 0) is 42.4 Å². The van der Waals surface area contributed by atoms with E-state index < -0.39 is 5.97 Å². The van der Waals surface area contributed by atoms with Gasteiger partial charge < -0.3 is 10.2 Å². The van der Waals surface area contributed by atoms with Crippen LogP contribution in [-0.4, -0.2) is 30.7 Å². The van der Waals surface area contributed by atoms with Crippen LogP contribution >= 0.6 is 0 Å². The van der Waals surface area contributed by atoms with Crippen molar-refractivity contribution in [3.63, 3.8) is 0 Å². The lowest BCUT2D eigenvalue weighted by molar-refractivity contribution is -0.134. The Labute approximate surface area is 159 Å². The third-order valence-electron chi connectivity index (χ3n) is 4.17. The molecule has 2 aromatic rings. The van der Waals surface area contributed by atoms with E-state index in [0.717, 1.165) is 19.8 Å². The minimum Gasteiger partial charge on any atom is -0.481 e. The standard InChI is InChI=1S/C20H26O.C2H4O2.B/c1-3-4-8-20(16(2)21)15-17-11-13-19(14-12-17)18-9-6-5-7-10-18;1-2(3)4;/h5-7,9-14,16,20-21H,3-4,8,15H2,1-2H3;1H3,(H,3,4);/t16-,20+;;/m1../s1. The molecule has 0 unspecified atom stereocenters. The lowest BCUT2D eigenvalue weighted by atomic mass is 9.89. The predicted octanol–water partition coefficient (Wildman–Crippen LogP) is 4.79. The van der Waals surface area contributed by atoms with E-state index in [1.807, 2.05) is 13.0 Å². The maximum atomic E-state index is 9.93. The maximum Gasteiger partial charge on any atom is 0.300 e. The van der Waals surface area contributed by atoms with Crippen LogP contribution in [-0.2, 0) is 11.2 Å². The van der Waals surface area contributed by atoms with Crippen LogP contribution < -0.4 is 0 Å². The number of unbranched alkanes of at least 4 members (excludes halogenated alkanes) is 1. The van der Waals surface area contributed by atoms with Crippen molar-refractivity contribution >= 4 is 14.4 Å². The van der Waals surface area contributed by atoms with Crippen molar-refractivity contribution < 1.29 is 15.0 Å². The second kappa shape index (κ2) is 13.2. The quantitative estimate of drug-likeness (QED) is 0.704. The van der Waals surface area contributed by atoms with E-state index in [2.05, 4.69) is 55.5 Å². The van der Waals surface area contributed by atoms with Gasteiger partial charge in [-0.25, -0.2) is 0 Å². The minimum absolute atomic E-state index is 0. The highest BCUT2D eigenvalue weighted by Gasteiger charge is 2.15. The monoisotopic (exact) mass is 353 g/mol. The minimum atomic E-state index is -0.833. The van der Waals surface area contributed by atoms with Gasteiger partial charge in [0.05, 0.1) is 6.10 Å². The Kier molecular flexibility index (Phi) is 12.1. The van der Waals surface area contributed by atoms with E-state index in [-0.39, 0.29) is 14.5 Å². The molecule has 2 aromatic carbocycles. The molecule has 0 heterocycles. The van der Waals surface area contributed by atoms with Crippen LogP contribution in [0.1, 0.15) is 45.6 Å². The molecule has 3 radical (unpaired) electrons.